The SMILES string of the molecule is COS(=O)OC1CCOS(O)(O)C1. The minimum Gasteiger partial charge on any atom is -0.308 e. The maximum atomic E-state index is 10.8. The fourth-order valence-electron chi connectivity index (χ4n) is 0.913. The molecule has 0 amide bonds. The minimum absolute atomic E-state index is 0.0535. The Morgan fingerprint density at radius 1 is 1.62 bits per heavy atom. The summed E-state index contributed by atoms with van der Waals surface area (Å²) in [7, 11) is -1.76. The van der Waals surface area contributed by atoms with Crippen molar-refractivity contribution in [3.05, 3.63) is 0 Å². The van der Waals surface area contributed by atoms with Gasteiger partial charge in [-0.1, -0.05) is 0 Å². The Hall–Kier alpha value is 0.300. The molecule has 8 heteroatoms. The maximum absolute atomic E-state index is 10.8. The highest BCUT2D eigenvalue weighted by Crippen LogP contribution is 2.44. The van der Waals surface area contributed by atoms with Gasteiger partial charge in [-0.2, -0.15) is 4.21 Å². The summed E-state index contributed by atoms with van der Waals surface area (Å²) < 4.78 is 42.9. The summed E-state index contributed by atoms with van der Waals surface area (Å²) >= 11 is -1.82. The van der Waals surface area contributed by atoms with Crippen LogP contribution in [-0.2, 0) is 23.9 Å². The second-order valence-corrected chi connectivity index (χ2v) is 5.19. The second-order valence-electron chi connectivity index (χ2n) is 2.47. The standard InChI is InChI=1S/C5H12O6S2/c1-9-12(6)11-5-2-3-10-13(7,8)4-5/h5,7-8H,2-4H2,1H3. The van der Waals surface area contributed by atoms with Gasteiger partial charge in [-0.25, -0.2) is 0 Å². The molecule has 0 saturated carbocycles. The van der Waals surface area contributed by atoms with Crippen LogP contribution in [0.1, 0.15) is 6.42 Å². The van der Waals surface area contributed by atoms with E-state index in [1.807, 2.05) is 0 Å². The van der Waals surface area contributed by atoms with Crippen LogP contribution in [0.5, 0.6) is 0 Å². The van der Waals surface area contributed by atoms with E-state index in [0.717, 1.165) is 0 Å². The molecule has 0 aromatic carbocycles. The van der Waals surface area contributed by atoms with Crippen LogP contribution in [0, 0.1) is 0 Å². The summed E-state index contributed by atoms with van der Waals surface area (Å²) in [5.41, 5.74) is 0. The molecular formula is C5H12O6S2. The third-order valence-electron chi connectivity index (χ3n) is 1.47. The number of hydrogen-bond acceptors (Lipinski definition) is 6. The largest absolute Gasteiger partial charge is 0.308 e. The molecule has 1 heterocycles. The van der Waals surface area contributed by atoms with Crippen LogP contribution < -0.4 is 0 Å². The summed E-state index contributed by atoms with van der Waals surface area (Å²) in [6, 6.07) is 0. The van der Waals surface area contributed by atoms with Gasteiger partial charge in [0.15, 0.2) is 0 Å². The first-order valence-corrected chi connectivity index (χ1v) is 6.21. The maximum Gasteiger partial charge on any atom is 0.304 e. The molecule has 0 bridgehead atoms. The fraction of sp³-hybridized carbons (Fsp3) is 1.00. The minimum atomic E-state index is -3.00. The Balaban J connectivity index is 2.39. The molecule has 2 unspecified atom stereocenters. The lowest BCUT2D eigenvalue weighted by Gasteiger charge is -2.34. The van der Waals surface area contributed by atoms with Crippen molar-refractivity contribution in [1.82, 2.24) is 0 Å². The lowest BCUT2D eigenvalue weighted by Crippen LogP contribution is -2.30. The van der Waals surface area contributed by atoms with Gasteiger partial charge in [0, 0.05) is 6.42 Å². The lowest BCUT2D eigenvalue weighted by atomic mass is 10.3. The van der Waals surface area contributed by atoms with E-state index in [0.29, 0.717) is 6.42 Å². The first-order chi connectivity index (χ1) is 6.03. The Kier molecular flexibility index (Phi) is 4.10. The Morgan fingerprint density at radius 2 is 2.31 bits per heavy atom. The van der Waals surface area contributed by atoms with Gasteiger partial charge in [0.2, 0.25) is 0 Å². The van der Waals surface area contributed by atoms with Crippen molar-refractivity contribution >= 4 is 22.2 Å². The smallest absolute Gasteiger partial charge is 0.304 e. The van der Waals surface area contributed by atoms with Gasteiger partial charge in [-0.15, -0.1) is 0 Å². The fourth-order valence-corrected chi connectivity index (χ4v) is 2.64. The lowest BCUT2D eigenvalue weighted by molar-refractivity contribution is 0.137. The van der Waals surface area contributed by atoms with Crippen LogP contribution >= 0.6 is 10.9 Å². The summed E-state index contributed by atoms with van der Waals surface area (Å²) in [6.45, 7) is 0.188. The molecule has 0 aromatic heterocycles. The van der Waals surface area contributed by atoms with Gasteiger partial charge >= 0.3 is 11.4 Å². The molecule has 80 valence electrons. The van der Waals surface area contributed by atoms with Crippen molar-refractivity contribution in [1.29, 1.82) is 0 Å². The van der Waals surface area contributed by atoms with E-state index in [-0.39, 0.29) is 12.4 Å². The summed E-state index contributed by atoms with van der Waals surface area (Å²) in [5.74, 6) is -0.0535. The summed E-state index contributed by atoms with van der Waals surface area (Å²) in [4.78, 5) is 0. The van der Waals surface area contributed by atoms with Crippen molar-refractivity contribution in [3.63, 3.8) is 0 Å². The summed E-state index contributed by atoms with van der Waals surface area (Å²) in [5, 5.41) is 0. The molecule has 6 nitrogen and oxygen atoms in total. The zero-order valence-electron chi connectivity index (χ0n) is 7.04. The van der Waals surface area contributed by atoms with E-state index in [1.54, 1.807) is 0 Å². The van der Waals surface area contributed by atoms with Gasteiger partial charge in [-0.05, 0) is 0 Å². The van der Waals surface area contributed by atoms with Crippen LogP contribution in [0.4, 0.5) is 0 Å². The van der Waals surface area contributed by atoms with Gasteiger partial charge in [0.25, 0.3) is 0 Å². The first-order valence-electron chi connectivity index (χ1n) is 3.57. The predicted octanol–water partition coefficient (Wildman–Crippen LogP) is 0.683. The van der Waals surface area contributed by atoms with Crippen LogP contribution in [0.2, 0.25) is 0 Å². The number of rotatable bonds is 3. The van der Waals surface area contributed by atoms with Gasteiger partial charge in [0.05, 0.1) is 36.4 Å². The molecule has 1 fully saturated rings. The van der Waals surface area contributed by atoms with Crippen LogP contribution in [0.3, 0.4) is 0 Å². The zero-order valence-corrected chi connectivity index (χ0v) is 8.68. The molecule has 1 aliphatic rings. The topological polar surface area (TPSA) is 85.2 Å². The van der Waals surface area contributed by atoms with Crippen molar-refractivity contribution < 1.29 is 25.9 Å². The van der Waals surface area contributed by atoms with Gasteiger partial charge in [-0.3, -0.25) is 12.5 Å². The van der Waals surface area contributed by atoms with E-state index in [2.05, 4.69) is 8.37 Å². The van der Waals surface area contributed by atoms with Crippen LogP contribution in [-0.4, -0.2) is 38.9 Å². The average molecular weight is 232 g/mol. The van der Waals surface area contributed by atoms with Crippen LogP contribution in [0.25, 0.3) is 0 Å². The molecule has 1 aliphatic heterocycles. The van der Waals surface area contributed by atoms with Crippen molar-refractivity contribution in [2.75, 3.05) is 19.5 Å². The number of hydrogen-bond donors (Lipinski definition) is 2. The monoisotopic (exact) mass is 232 g/mol. The third kappa shape index (κ3) is 3.90. The molecular weight excluding hydrogens is 220 g/mol. The second kappa shape index (κ2) is 4.69. The van der Waals surface area contributed by atoms with E-state index < -0.39 is 28.3 Å². The molecule has 2 atom stereocenters. The predicted molar refractivity (Wildman–Crippen MR) is 48.3 cm³/mol. The Bertz CT molecular complexity index is 195. The molecule has 1 saturated heterocycles. The molecule has 13 heavy (non-hydrogen) atoms. The van der Waals surface area contributed by atoms with E-state index in [9.17, 15) is 4.21 Å². The van der Waals surface area contributed by atoms with E-state index in [4.69, 9.17) is 13.3 Å². The first kappa shape index (κ1) is 11.4. The Morgan fingerprint density at radius 3 is 2.85 bits per heavy atom. The molecule has 1 rings (SSSR count). The van der Waals surface area contributed by atoms with E-state index in [1.165, 1.54) is 7.11 Å². The highest BCUT2D eigenvalue weighted by Gasteiger charge is 2.31. The van der Waals surface area contributed by atoms with E-state index >= 15 is 0 Å². The Labute approximate surface area is 80.6 Å². The van der Waals surface area contributed by atoms with Crippen molar-refractivity contribution in [2.45, 2.75) is 12.5 Å². The highest BCUT2D eigenvalue weighted by atomic mass is 32.3. The zero-order chi connectivity index (χ0) is 9.90. The van der Waals surface area contributed by atoms with Crippen molar-refractivity contribution in [3.8, 4) is 0 Å². The molecule has 0 radical (unpaired) electrons. The highest BCUT2D eigenvalue weighted by molar-refractivity contribution is 8.20. The van der Waals surface area contributed by atoms with Gasteiger partial charge in [0.1, 0.15) is 0 Å². The molecule has 0 aromatic rings. The third-order valence-corrected chi connectivity index (χ3v) is 3.52. The normalized spacial score (nSPS) is 32.4. The molecule has 2 N–H and O–H groups in total. The van der Waals surface area contributed by atoms with Gasteiger partial charge < -0.3 is 9.11 Å². The van der Waals surface area contributed by atoms with Crippen molar-refractivity contribution in [2.24, 2.45) is 0 Å². The summed E-state index contributed by atoms with van der Waals surface area (Å²) in [6.07, 6.45) is -0.00939. The quantitative estimate of drug-likeness (QED) is 0.744. The van der Waals surface area contributed by atoms with Crippen LogP contribution in [0.15, 0.2) is 0 Å². The molecule has 0 aliphatic carbocycles. The average Bonchev–Trinajstić information content (AvgIpc) is 2.02. The molecule has 0 spiro atoms.